The number of hydrogen-bond acceptors (Lipinski definition) is 14. The summed E-state index contributed by atoms with van der Waals surface area (Å²) in [6.45, 7) is -0.839. The predicted octanol–water partition coefficient (Wildman–Crippen LogP) is 1.07. The van der Waals surface area contributed by atoms with E-state index in [-0.39, 0.29) is 11.5 Å². The fourth-order valence-electron chi connectivity index (χ4n) is 4.73. The molecule has 2 heterocycles. The van der Waals surface area contributed by atoms with E-state index in [0.29, 0.717) is 5.56 Å². The molecule has 1 aromatic heterocycles. The Labute approximate surface area is 234 Å². The van der Waals surface area contributed by atoms with E-state index in [1.807, 2.05) is 0 Å². The molecule has 1 saturated heterocycles. The van der Waals surface area contributed by atoms with Gasteiger partial charge in [0, 0.05) is 17.7 Å². The van der Waals surface area contributed by atoms with Gasteiger partial charge in [0.1, 0.15) is 52.8 Å². The Morgan fingerprint density at radius 2 is 1.48 bits per heavy atom. The number of aromatic hydroxyl groups is 6. The number of hydrogen-bond donors (Lipinski definition) is 9. The largest absolute Gasteiger partial charge is 0.508 e. The van der Waals surface area contributed by atoms with Crippen molar-refractivity contribution in [3.05, 3.63) is 69.9 Å². The van der Waals surface area contributed by atoms with Crippen molar-refractivity contribution in [2.45, 2.75) is 30.5 Å². The first kappa shape index (κ1) is 28.5. The van der Waals surface area contributed by atoms with E-state index in [9.17, 15) is 55.5 Å². The monoisotopic (exact) mass is 584 g/mol. The molecule has 0 radical (unpaired) electrons. The molecule has 14 nitrogen and oxygen atoms in total. The second-order valence-electron chi connectivity index (χ2n) is 9.55. The fourth-order valence-corrected chi connectivity index (χ4v) is 4.73. The number of aliphatic hydroxyl groups excluding tert-OH is 3. The molecule has 5 rings (SSSR count). The van der Waals surface area contributed by atoms with Crippen molar-refractivity contribution in [2.75, 3.05) is 6.61 Å². The van der Waals surface area contributed by atoms with Gasteiger partial charge in [-0.25, -0.2) is 4.79 Å². The van der Waals surface area contributed by atoms with Gasteiger partial charge in [-0.15, -0.1) is 0 Å². The number of ether oxygens (including phenoxy) is 2. The second kappa shape index (κ2) is 10.8. The van der Waals surface area contributed by atoms with Crippen LogP contribution in [0.15, 0.2) is 57.7 Å². The molecule has 4 aromatic rings. The lowest BCUT2D eigenvalue weighted by Crippen LogP contribution is -2.56. The van der Waals surface area contributed by atoms with Crippen molar-refractivity contribution in [3.8, 4) is 45.8 Å². The van der Waals surface area contributed by atoms with E-state index in [1.165, 1.54) is 24.3 Å². The molecule has 0 spiro atoms. The Balaban J connectivity index is 1.68. The maximum Gasteiger partial charge on any atom is 0.338 e. The summed E-state index contributed by atoms with van der Waals surface area (Å²) in [5.41, 5.74) is -1.80. The van der Waals surface area contributed by atoms with Gasteiger partial charge in [0.05, 0.1) is 17.7 Å². The highest BCUT2D eigenvalue weighted by molar-refractivity contribution is 5.92. The van der Waals surface area contributed by atoms with Gasteiger partial charge in [-0.05, 0) is 36.4 Å². The Bertz CT molecular complexity index is 1700. The first-order valence-electron chi connectivity index (χ1n) is 12.3. The van der Waals surface area contributed by atoms with E-state index in [1.54, 1.807) is 0 Å². The van der Waals surface area contributed by atoms with Crippen LogP contribution in [0.25, 0.3) is 22.3 Å². The van der Waals surface area contributed by atoms with Crippen LogP contribution in [-0.4, -0.2) is 83.0 Å². The molecule has 5 atom stereocenters. The minimum absolute atomic E-state index is 0.0718. The van der Waals surface area contributed by atoms with Crippen LogP contribution in [0.1, 0.15) is 22.0 Å². The Morgan fingerprint density at radius 1 is 0.833 bits per heavy atom. The zero-order valence-corrected chi connectivity index (χ0v) is 21.3. The molecule has 0 saturated carbocycles. The van der Waals surface area contributed by atoms with Crippen LogP contribution in [0.2, 0.25) is 0 Å². The van der Waals surface area contributed by atoms with E-state index >= 15 is 0 Å². The lowest BCUT2D eigenvalue weighted by atomic mass is 9.89. The third-order valence-electron chi connectivity index (χ3n) is 6.85. The molecule has 0 bridgehead atoms. The number of benzene rings is 3. The van der Waals surface area contributed by atoms with E-state index in [0.717, 1.165) is 24.3 Å². The second-order valence-corrected chi connectivity index (χ2v) is 9.55. The molecular formula is C28H24O14. The van der Waals surface area contributed by atoms with Crippen LogP contribution < -0.4 is 5.43 Å². The number of rotatable bonds is 5. The standard InChI is InChI=1S/C28H24O14/c29-9-19-23(37)24(38)27(42-28(39)11-5-16(34)22(36)17(35)6-11)26(41-19)21-14(32)7-13(31)20-15(33)8-18(40-25(20)21)10-1-3-12(30)4-2-10/h1-8,19,23-24,26-27,29-32,34-38H,9H2/t19-,23-,24+,26+,27-/m1/s1. The topological polar surface area (TPSA) is 248 Å². The molecule has 14 heteroatoms. The zero-order valence-electron chi connectivity index (χ0n) is 21.3. The number of aliphatic hydroxyl groups is 3. The number of carbonyl (C=O) groups is 1. The number of carbonyl (C=O) groups excluding carboxylic acids is 1. The minimum Gasteiger partial charge on any atom is -0.508 e. The molecule has 1 aliphatic heterocycles. The number of esters is 1. The third kappa shape index (κ3) is 4.88. The van der Waals surface area contributed by atoms with Crippen molar-refractivity contribution >= 4 is 16.9 Å². The lowest BCUT2D eigenvalue weighted by molar-refractivity contribution is -0.231. The van der Waals surface area contributed by atoms with Gasteiger partial charge in [-0.3, -0.25) is 4.79 Å². The van der Waals surface area contributed by atoms with Gasteiger partial charge in [0.25, 0.3) is 0 Å². The maximum absolute atomic E-state index is 13.1. The fraction of sp³-hybridized carbons (Fsp3) is 0.214. The first-order valence-corrected chi connectivity index (χ1v) is 12.3. The van der Waals surface area contributed by atoms with Crippen LogP contribution in [0.3, 0.4) is 0 Å². The Hall–Kier alpha value is -5.02. The predicted molar refractivity (Wildman–Crippen MR) is 140 cm³/mol. The average molecular weight is 584 g/mol. The van der Waals surface area contributed by atoms with Crippen molar-refractivity contribution in [1.29, 1.82) is 0 Å². The normalized spacial score (nSPS) is 22.2. The van der Waals surface area contributed by atoms with Gasteiger partial charge in [0.2, 0.25) is 0 Å². The van der Waals surface area contributed by atoms with Gasteiger partial charge in [0.15, 0.2) is 34.4 Å². The van der Waals surface area contributed by atoms with E-state index in [2.05, 4.69) is 0 Å². The molecule has 0 unspecified atom stereocenters. The maximum atomic E-state index is 13.1. The van der Waals surface area contributed by atoms with Crippen LogP contribution in [-0.2, 0) is 9.47 Å². The molecule has 9 N–H and O–H groups in total. The highest BCUT2D eigenvalue weighted by Gasteiger charge is 2.49. The summed E-state index contributed by atoms with van der Waals surface area (Å²) in [6.07, 6.45) is -8.91. The molecule has 42 heavy (non-hydrogen) atoms. The summed E-state index contributed by atoms with van der Waals surface area (Å²) in [5, 5.41) is 91.1. The molecule has 3 aromatic carbocycles. The molecule has 1 fully saturated rings. The average Bonchev–Trinajstić information content (AvgIpc) is 2.94. The summed E-state index contributed by atoms with van der Waals surface area (Å²) < 4.78 is 17.0. The molecule has 0 amide bonds. The van der Waals surface area contributed by atoms with Gasteiger partial charge in [-0.2, -0.15) is 0 Å². The lowest BCUT2D eigenvalue weighted by Gasteiger charge is -2.42. The van der Waals surface area contributed by atoms with Crippen LogP contribution in [0, 0.1) is 0 Å². The first-order chi connectivity index (χ1) is 19.9. The summed E-state index contributed by atoms with van der Waals surface area (Å²) in [7, 11) is 0. The Kier molecular flexibility index (Phi) is 7.30. The van der Waals surface area contributed by atoms with E-state index < -0.39 is 99.4 Å². The summed E-state index contributed by atoms with van der Waals surface area (Å²) in [4.78, 5) is 26.1. The smallest absolute Gasteiger partial charge is 0.338 e. The molecule has 0 aliphatic carbocycles. The third-order valence-corrected chi connectivity index (χ3v) is 6.85. The quantitative estimate of drug-likeness (QED) is 0.118. The Morgan fingerprint density at radius 3 is 2.10 bits per heavy atom. The number of phenolic OH excluding ortho intramolecular Hbond substituents is 6. The highest BCUT2D eigenvalue weighted by Crippen LogP contribution is 2.45. The van der Waals surface area contributed by atoms with Crippen molar-refractivity contribution in [1.82, 2.24) is 0 Å². The summed E-state index contributed by atoms with van der Waals surface area (Å²) >= 11 is 0. The van der Waals surface area contributed by atoms with Gasteiger partial charge in [-0.1, -0.05) is 0 Å². The molecule has 220 valence electrons. The summed E-state index contributed by atoms with van der Waals surface area (Å²) in [5.74, 6) is -5.51. The van der Waals surface area contributed by atoms with Crippen molar-refractivity contribution in [2.24, 2.45) is 0 Å². The van der Waals surface area contributed by atoms with Gasteiger partial charge >= 0.3 is 5.97 Å². The minimum atomic E-state index is -1.97. The molecular weight excluding hydrogens is 560 g/mol. The van der Waals surface area contributed by atoms with Crippen molar-refractivity contribution in [3.63, 3.8) is 0 Å². The van der Waals surface area contributed by atoms with Gasteiger partial charge < -0.3 is 59.8 Å². The number of phenols is 6. The van der Waals surface area contributed by atoms with Crippen LogP contribution >= 0.6 is 0 Å². The molecule has 1 aliphatic rings. The van der Waals surface area contributed by atoms with Crippen LogP contribution in [0.4, 0.5) is 0 Å². The zero-order chi connectivity index (χ0) is 30.5. The number of fused-ring (bicyclic) bond motifs is 1. The van der Waals surface area contributed by atoms with Crippen LogP contribution in [0.5, 0.6) is 34.5 Å². The van der Waals surface area contributed by atoms with Crippen molar-refractivity contribution < 1.29 is 64.6 Å². The SMILES string of the molecule is O=C(O[C@@H]1[C@@H](O)[C@H](O)[C@@H](CO)O[C@H]1c1c(O)cc(O)c2c(=O)cc(-c3ccc(O)cc3)oc12)c1cc(O)c(O)c(O)c1. The summed E-state index contributed by atoms with van der Waals surface area (Å²) in [6, 6.07) is 8.84. The van der Waals surface area contributed by atoms with E-state index in [4.69, 9.17) is 13.9 Å². The highest BCUT2D eigenvalue weighted by atomic mass is 16.6.